The summed E-state index contributed by atoms with van der Waals surface area (Å²) in [7, 11) is 0. The Labute approximate surface area is 695 Å². The van der Waals surface area contributed by atoms with Gasteiger partial charge in [0.1, 0.15) is 0 Å². The molecule has 0 aromatic heterocycles. The van der Waals surface area contributed by atoms with E-state index in [-0.39, 0.29) is 20.3 Å². The molecule has 0 fully saturated rings. The lowest BCUT2D eigenvalue weighted by molar-refractivity contribution is 0.00756. The first-order valence-corrected chi connectivity index (χ1v) is 46.7. The molecular formula is C103H226F6. The molecule has 0 amide bonds. The Kier molecular flexibility index (Phi) is 115. The van der Waals surface area contributed by atoms with Gasteiger partial charge in [0.25, 0.3) is 0 Å². The number of alkyl halides is 6. The van der Waals surface area contributed by atoms with Gasteiger partial charge in [-0.2, -0.15) is 0 Å². The maximum absolute atomic E-state index is 12.2. The minimum Gasteiger partial charge on any atom is -0.248 e. The molecule has 0 bridgehead atoms. The molecule has 2 atom stereocenters. The van der Waals surface area contributed by atoms with Crippen LogP contribution in [0.2, 0.25) is 0 Å². The van der Waals surface area contributed by atoms with Gasteiger partial charge in [-0.3, -0.25) is 0 Å². The van der Waals surface area contributed by atoms with Crippen molar-refractivity contribution < 1.29 is 26.3 Å². The maximum atomic E-state index is 12.2. The van der Waals surface area contributed by atoms with Crippen LogP contribution in [0.25, 0.3) is 0 Å². The molecule has 0 aromatic carbocycles. The van der Waals surface area contributed by atoms with Crippen LogP contribution in [0.1, 0.15) is 531 Å². The van der Waals surface area contributed by atoms with Crippen molar-refractivity contribution in [1.29, 1.82) is 0 Å². The minimum absolute atomic E-state index is 0. The number of rotatable bonds is 42. The predicted octanol–water partition coefficient (Wildman–Crippen LogP) is 40.9. The Morgan fingerprint density at radius 2 is 0.284 bits per heavy atom. The van der Waals surface area contributed by atoms with E-state index in [0.717, 1.165) is 141 Å². The topological polar surface area (TPSA) is 0 Å². The van der Waals surface area contributed by atoms with Crippen molar-refractivity contribution in [2.75, 3.05) is 0 Å². The molecule has 0 aliphatic rings. The van der Waals surface area contributed by atoms with Gasteiger partial charge in [0.15, 0.2) is 0 Å². The van der Waals surface area contributed by atoms with Crippen molar-refractivity contribution in [3.05, 3.63) is 0 Å². The van der Waals surface area contributed by atoms with Crippen LogP contribution in [0.5, 0.6) is 0 Å². The van der Waals surface area contributed by atoms with Gasteiger partial charge in [-0.25, -0.2) is 26.3 Å². The molecule has 0 rings (SSSR count). The lowest BCUT2D eigenvalue weighted by atomic mass is 9.88. The van der Waals surface area contributed by atoms with Crippen molar-refractivity contribution in [3.8, 4) is 0 Å². The third kappa shape index (κ3) is 234. The molecule has 2 unspecified atom stereocenters. The first kappa shape index (κ1) is 138. The second-order valence-corrected chi connectivity index (χ2v) is 43.5. The van der Waals surface area contributed by atoms with E-state index in [2.05, 4.69) is 263 Å². The molecule has 0 aliphatic heterocycles. The number of hydrogen-bond donors (Lipinski definition) is 0. The minimum atomic E-state index is -2.47. The van der Waals surface area contributed by atoms with E-state index < -0.39 is 24.2 Å². The Morgan fingerprint density at radius 3 is 0.394 bits per heavy atom. The molecule has 0 nitrogen and oxygen atoms in total. The van der Waals surface area contributed by atoms with E-state index >= 15 is 0 Å². The van der Waals surface area contributed by atoms with Crippen molar-refractivity contribution in [2.45, 2.75) is 556 Å². The summed E-state index contributed by atoms with van der Waals surface area (Å²) in [6, 6.07) is 0. The summed E-state index contributed by atoms with van der Waals surface area (Å²) in [6.07, 6.45) is 36.3. The second-order valence-electron chi connectivity index (χ2n) is 43.5. The van der Waals surface area contributed by atoms with Gasteiger partial charge in [0.2, 0.25) is 11.8 Å². The third-order valence-electron chi connectivity index (χ3n) is 17.4. The summed E-state index contributed by atoms with van der Waals surface area (Å²) in [5, 5.41) is 0. The summed E-state index contributed by atoms with van der Waals surface area (Å²) >= 11 is 0. The Balaban J connectivity index is -0.0000000838. The van der Waals surface area contributed by atoms with Crippen molar-refractivity contribution in [2.24, 2.45) is 117 Å². The molecule has 680 valence electrons. The first-order valence-electron chi connectivity index (χ1n) is 46.7. The van der Waals surface area contributed by atoms with Crippen molar-refractivity contribution in [3.63, 3.8) is 0 Å². The highest BCUT2D eigenvalue weighted by atomic mass is 19.3. The van der Waals surface area contributed by atoms with Crippen molar-refractivity contribution >= 4 is 0 Å². The fourth-order valence-electron chi connectivity index (χ4n) is 9.89. The number of halogens is 6. The molecule has 0 saturated carbocycles. The van der Waals surface area contributed by atoms with Gasteiger partial charge in [0.05, 0.1) is 12.3 Å². The van der Waals surface area contributed by atoms with Crippen LogP contribution in [0, 0.1) is 117 Å². The smallest absolute Gasteiger partial charge is 0.245 e. The zero-order chi connectivity index (χ0) is 88.2. The van der Waals surface area contributed by atoms with E-state index in [0.29, 0.717) is 41.4 Å². The molecule has 6 heteroatoms. The quantitative estimate of drug-likeness (QED) is 0.0535. The van der Waals surface area contributed by atoms with E-state index in [9.17, 15) is 26.3 Å². The molecule has 0 radical (unpaired) electrons. The summed E-state index contributed by atoms with van der Waals surface area (Å²) in [5.74, 6) is 9.81. The second kappa shape index (κ2) is 91.5. The van der Waals surface area contributed by atoms with Gasteiger partial charge >= 0.3 is 0 Å². The fraction of sp³-hybridized carbons (Fsp3) is 1.00. The highest BCUT2D eigenvalue weighted by molar-refractivity contribution is 4.64. The average Bonchev–Trinajstić information content (AvgIpc) is 0.999. The van der Waals surface area contributed by atoms with Gasteiger partial charge < -0.3 is 0 Å². The van der Waals surface area contributed by atoms with E-state index in [4.69, 9.17) is 0 Å². The molecule has 0 heterocycles. The SMILES string of the molecule is C.CC(C)CCC(C)(F)F.CC(C)CCC(C)C.CC(C)CCC(C)C.CC(C)CCC(C)F.CC(C)CCCC(C)(C)C.CC(C)CCCC(C)(C)C.CC(C)CCCC(C)(F)F.CC(C)CCCC(C)C.CC(C)CCCC(C)C.CC(C)CCCC(C)C.CC(C)CCCC(C)C.CC(C)CCCC(C)F. The summed E-state index contributed by atoms with van der Waals surface area (Å²) in [4.78, 5) is 0. The highest BCUT2D eigenvalue weighted by Gasteiger charge is 2.21. The van der Waals surface area contributed by atoms with E-state index in [1.54, 1.807) is 13.8 Å². The average molecular weight is 1580 g/mol. The zero-order valence-corrected chi connectivity index (χ0v) is 84.4. The lowest BCUT2D eigenvalue weighted by Gasteiger charge is -2.18. The number of hydrogen-bond acceptors (Lipinski definition) is 0. The molecular weight excluding hydrogens is 1350 g/mol. The lowest BCUT2D eigenvalue weighted by Crippen LogP contribution is -2.10. The van der Waals surface area contributed by atoms with Crippen LogP contribution >= 0.6 is 0 Å². The van der Waals surface area contributed by atoms with Crippen LogP contribution in [0.15, 0.2) is 0 Å². The van der Waals surface area contributed by atoms with Gasteiger partial charge in [0, 0.05) is 12.8 Å². The van der Waals surface area contributed by atoms with Gasteiger partial charge in [-0.15, -0.1) is 0 Å². The zero-order valence-electron chi connectivity index (χ0n) is 84.4. The Bertz CT molecular complexity index is 1280. The molecule has 0 saturated heterocycles. The molecule has 0 aromatic rings. The molecule has 0 N–H and O–H groups in total. The fourth-order valence-corrected chi connectivity index (χ4v) is 9.89. The van der Waals surface area contributed by atoms with Crippen LogP contribution < -0.4 is 0 Å². The Morgan fingerprint density at radius 1 is 0.156 bits per heavy atom. The van der Waals surface area contributed by atoms with Gasteiger partial charge in [-0.1, -0.05) is 446 Å². The first-order chi connectivity index (χ1) is 48.7. The standard InChI is InChI=1S/2C10H22.4C9H20.C8H16F2.C8H17F.2C8H18.C7H14F2.C7H15F.CH4/c2*1-9(2)7-6-8-10(3,4)5;4*1-8(2)6-5-7-9(3)4;1-7(2)5-4-6-8(3,9)10;1-7(2)5-4-6-8(3)9;2*1-7(2)5-6-8(3)4;1-6(2)4-5-7(3,8)9;1-6(2)4-5-7(3)8;/h2*9H,6-8H2,1-5H3;4*8-9H,5-7H2,1-4H3;7H,4-6H2,1-3H3;7-8H,4-6H2,1-3H3;2*7-8H,5-6H2,1-4H3;6H,4-5H2,1-3H3;6-7H,4-5H2,1-3H3;1H4. The van der Waals surface area contributed by atoms with E-state index in [1.807, 2.05) is 27.7 Å². The third-order valence-corrected chi connectivity index (χ3v) is 17.4. The van der Waals surface area contributed by atoms with Crippen LogP contribution in [0.3, 0.4) is 0 Å². The summed E-state index contributed by atoms with van der Waals surface area (Å²) in [6.45, 7) is 99.7. The molecule has 109 heavy (non-hydrogen) atoms. The normalized spacial score (nSPS) is 12.2. The molecule has 0 spiro atoms. The van der Waals surface area contributed by atoms with E-state index in [1.165, 1.54) is 141 Å². The van der Waals surface area contributed by atoms with Crippen LogP contribution in [-0.4, -0.2) is 24.2 Å². The van der Waals surface area contributed by atoms with Crippen molar-refractivity contribution in [1.82, 2.24) is 0 Å². The van der Waals surface area contributed by atoms with Crippen LogP contribution in [-0.2, 0) is 0 Å². The predicted molar refractivity (Wildman–Crippen MR) is 503 cm³/mol. The largest absolute Gasteiger partial charge is 0.248 e. The van der Waals surface area contributed by atoms with Gasteiger partial charge in [-0.05, 0) is 190 Å². The van der Waals surface area contributed by atoms with Crippen LogP contribution in [0.4, 0.5) is 26.3 Å². The maximum Gasteiger partial charge on any atom is 0.245 e. The Hall–Kier alpha value is -0.420. The monoisotopic (exact) mass is 1580 g/mol. The summed E-state index contributed by atoms with van der Waals surface area (Å²) in [5.41, 5.74) is 1.07. The molecule has 0 aliphatic carbocycles. The summed E-state index contributed by atoms with van der Waals surface area (Å²) < 4.78 is 72.7. The highest BCUT2D eigenvalue weighted by Crippen LogP contribution is 2.26.